The van der Waals surface area contributed by atoms with E-state index in [9.17, 15) is 9.59 Å². The molecule has 0 saturated carbocycles. The quantitative estimate of drug-likeness (QED) is 0.0393. The number of unbranched alkanes of at least 4 members (excludes halogenated alkanes) is 20. The third-order valence-electron chi connectivity index (χ3n) is 9.88. The third kappa shape index (κ3) is 29.1. The van der Waals surface area contributed by atoms with Crippen LogP contribution in [0.15, 0.2) is 0 Å². The van der Waals surface area contributed by atoms with E-state index in [-0.39, 0.29) is 30.4 Å². The van der Waals surface area contributed by atoms with Gasteiger partial charge in [0.25, 0.3) is 0 Å². The first-order valence-electron chi connectivity index (χ1n) is 21.4. The molecule has 0 radical (unpaired) electrons. The molecule has 7 nitrogen and oxygen atoms in total. The summed E-state index contributed by atoms with van der Waals surface area (Å²) in [7, 11) is 0. The first-order valence-corrected chi connectivity index (χ1v) is 21.4. The van der Waals surface area contributed by atoms with E-state index in [2.05, 4.69) is 26.1 Å². The fourth-order valence-corrected chi connectivity index (χ4v) is 6.62. The Morgan fingerprint density at radius 2 is 1.06 bits per heavy atom. The fraction of sp³-hybridized carbons (Fsp3) is 0.952. The number of carbonyl (C=O) groups excluding carboxylic acids is 2. The van der Waals surface area contributed by atoms with Gasteiger partial charge in [-0.15, -0.1) is 0 Å². The summed E-state index contributed by atoms with van der Waals surface area (Å²) in [4.78, 5) is 25.3. The van der Waals surface area contributed by atoms with Crippen LogP contribution < -0.4 is 5.32 Å². The number of hydrogen-bond acceptors (Lipinski definition) is 7. The molecule has 2 unspecified atom stereocenters. The van der Waals surface area contributed by atoms with Crippen molar-refractivity contribution in [3.63, 3.8) is 0 Å². The molecule has 290 valence electrons. The molecular formula is C42H81NO6. The summed E-state index contributed by atoms with van der Waals surface area (Å²) in [6.07, 6.45) is 33.5. The predicted octanol–water partition coefficient (Wildman–Crippen LogP) is 11.5. The smallest absolute Gasteiger partial charge is 0.323 e. The van der Waals surface area contributed by atoms with Crippen LogP contribution in [0.4, 0.5) is 0 Å². The summed E-state index contributed by atoms with van der Waals surface area (Å²) < 4.78 is 23.9. The summed E-state index contributed by atoms with van der Waals surface area (Å²) in [6.45, 7) is 9.43. The minimum atomic E-state index is -0.190. The lowest BCUT2D eigenvalue weighted by molar-refractivity contribution is -0.154. The van der Waals surface area contributed by atoms with Gasteiger partial charge < -0.3 is 24.3 Å². The highest BCUT2D eigenvalue weighted by molar-refractivity contribution is 5.76. The first kappa shape index (κ1) is 45.8. The number of hydrogen-bond donors (Lipinski definition) is 1. The molecule has 1 fully saturated rings. The molecule has 49 heavy (non-hydrogen) atoms. The molecule has 0 amide bonds. The van der Waals surface area contributed by atoms with Crippen molar-refractivity contribution in [2.75, 3.05) is 26.4 Å². The highest BCUT2D eigenvalue weighted by atomic mass is 16.7. The van der Waals surface area contributed by atoms with Crippen molar-refractivity contribution in [1.82, 2.24) is 5.32 Å². The van der Waals surface area contributed by atoms with E-state index in [4.69, 9.17) is 18.9 Å². The number of rotatable bonds is 37. The van der Waals surface area contributed by atoms with Gasteiger partial charge >= 0.3 is 11.9 Å². The molecule has 1 rings (SSSR count). The second kappa shape index (κ2) is 35.2. The number of ether oxygens (including phenoxy) is 4. The highest BCUT2D eigenvalue weighted by Gasteiger charge is 2.26. The van der Waals surface area contributed by atoms with Crippen LogP contribution in [0.2, 0.25) is 0 Å². The van der Waals surface area contributed by atoms with E-state index in [0.717, 1.165) is 84.0 Å². The second-order valence-corrected chi connectivity index (χ2v) is 14.6. The van der Waals surface area contributed by atoms with Crippen LogP contribution in [-0.2, 0) is 28.5 Å². The van der Waals surface area contributed by atoms with Crippen molar-refractivity contribution in [2.45, 2.75) is 232 Å². The maximum absolute atomic E-state index is 12.7. The van der Waals surface area contributed by atoms with E-state index >= 15 is 0 Å². The molecule has 0 aromatic heterocycles. The Kier molecular flexibility index (Phi) is 33.0. The Morgan fingerprint density at radius 3 is 1.57 bits per heavy atom. The van der Waals surface area contributed by atoms with E-state index < -0.39 is 0 Å². The van der Waals surface area contributed by atoms with Crippen LogP contribution in [0.3, 0.4) is 0 Å². The molecule has 1 heterocycles. The largest absolute Gasteiger partial charge is 0.466 e. The van der Waals surface area contributed by atoms with Gasteiger partial charge in [-0.1, -0.05) is 143 Å². The van der Waals surface area contributed by atoms with Crippen molar-refractivity contribution in [2.24, 2.45) is 0 Å². The molecule has 1 N–H and O–H groups in total. The summed E-state index contributed by atoms with van der Waals surface area (Å²) >= 11 is 0. The average molecular weight is 696 g/mol. The van der Waals surface area contributed by atoms with Crippen LogP contribution >= 0.6 is 0 Å². The summed E-state index contributed by atoms with van der Waals surface area (Å²) in [5, 5.41) is 3.25. The van der Waals surface area contributed by atoms with Crippen LogP contribution in [0.5, 0.6) is 0 Å². The topological polar surface area (TPSA) is 83.1 Å². The number of carbonyl (C=O) groups is 2. The van der Waals surface area contributed by atoms with E-state index in [1.165, 1.54) is 116 Å². The third-order valence-corrected chi connectivity index (χ3v) is 9.88. The number of nitrogens with one attached hydrogen (secondary N) is 1. The Morgan fingerprint density at radius 1 is 0.571 bits per heavy atom. The Bertz CT molecular complexity index is 710. The van der Waals surface area contributed by atoms with E-state index in [0.29, 0.717) is 19.4 Å². The monoisotopic (exact) mass is 696 g/mol. The van der Waals surface area contributed by atoms with Gasteiger partial charge in [0.05, 0.1) is 6.61 Å². The molecule has 2 atom stereocenters. The summed E-state index contributed by atoms with van der Waals surface area (Å²) in [5.41, 5.74) is 0. The molecule has 0 aliphatic carbocycles. The predicted molar refractivity (Wildman–Crippen MR) is 204 cm³/mol. The van der Waals surface area contributed by atoms with Gasteiger partial charge in [-0.2, -0.15) is 0 Å². The van der Waals surface area contributed by atoms with Crippen molar-refractivity contribution in [3.8, 4) is 0 Å². The Balaban J connectivity index is 2.33. The number of esters is 2. The lowest BCUT2D eigenvalue weighted by atomic mass is 10.0. The molecule has 7 heteroatoms. The van der Waals surface area contributed by atoms with Gasteiger partial charge in [-0.25, -0.2) is 0 Å². The van der Waals surface area contributed by atoms with E-state index in [1.54, 1.807) is 0 Å². The second-order valence-electron chi connectivity index (χ2n) is 14.6. The zero-order valence-corrected chi connectivity index (χ0v) is 32.7. The van der Waals surface area contributed by atoms with Gasteiger partial charge in [-0.3, -0.25) is 9.59 Å². The van der Waals surface area contributed by atoms with Crippen LogP contribution in [0.1, 0.15) is 213 Å². The van der Waals surface area contributed by atoms with Gasteiger partial charge in [0.1, 0.15) is 12.1 Å². The van der Waals surface area contributed by atoms with Crippen LogP contribution in [0.25, 0.3) is 0 Å². The molecular weight excluding hydrogens is 614 g/mol. The van der Waals surface area contributed by atoms with Crippen molar-refractivity contribution >= 4 is 11.9 Å². The van der Waals surface area contributed by atoms with Crippen LogP contribution in [0, 0.1) is 0 Å². The zero-order chi connectivity index (χ0) is 35.5. The molecule has 0 aromatic carbocycles. The van der Waals surface area contributed by atoms with Gasteiger partial charge in [0.2, 0.25) is 0 Å². The van der Waals surface area contributed by atoms with Crippen LogP contribution in [-0.4, -0.2) is 56.7 Å². The lowest BCUT2D eigenvalue weighted by Gasteiger charge is -2.20. The van der Waals surface area contributed by atoms with Gasteiger partial charge in [0, 0.05) is 26.1 Å². The maximum Gasteiger partial charge on any atom is 0.323 e. The van der Waals surface area contributed by atoms with E-state index in [1.807, 2.05) is 0 Å². The summed E-state index contributed by atoms with van der Waals surface area (Å²) in [6, 6.07) is -0.189. The molecule has 0 bridgehead atoms. The average Bonchev–Trinajstić information content (AvgIpc) is 3.65. The Hall–Kier alpha value is -1.18. The molecule has 0 spiro atoms. The maximum atomic E-state index is 12.7. The zero-order valence-electron chi connectivity index (χ0n) is 32.7. The molecule has 1 aliphatic rings. The van der Waals surface area contributed by atoms with Crippen molar-refractivity contribution in [3.05, 3.63) is 0 Å². The minimum absolute atomic E-state index is 0.145. The highest BCUT2D eigenvalue weighted by Crippen LogP contribution is 2.18. The standard InChI is InChI=1S/C42H81NO6/c1-4-7-10-13-16-17-18-19-20-23-29-38(49-42(45)39-30-28-34-43-39)33-37-46-40(44)31-24-25-32-41(47-35-26-21-14-11-8-5-2)48-36-27-22-15-12-9-6-3/h38-39,41,43H,4-37H2,1-3H3. The molecule has 1 saturated heterocycles. The SMILES string of the molecule is CCCCCCCCCCCCC(CCOC(=O)CCCCC(OCCCCCCCC)OCCCCCCCC)OC(=O)C1CCCN1. The van der Waals surface area contributed by atoms with Crippen molar-refractivity contribution in [1.29, 1.82) is 0 Å². The van der Waals surface area contributed by atoms with Gasteiger partial charge in [-0.05, 0) is 64.3 Å². The van der Waals surface area contributed by atoms with Crippen molar-refractivity contribution < 1.29 is 28.5 Å². The lowest BCUT2D eigenvalue weighted by Crippen LogP contribution is -2.35. The first-order chi connectivity index (χ1) is 24.1. The fourth-order valence-electron chi connectivity index (χ4n) is 6.62. The minimum Gasteiger partial charge on any atom is -0.466 e. The molecule has 1 aliphatic heterocycles. The summed E-state index contributed by atoms with van der Waals surface area (Å²) in [5.74, 6) is -0.313. The molecule has 0 aromatic rings. The normalized spacial score (nSPS) is 15.2. The van der Waals surface area contributed by atoms with Gasteiger partial charge in [0.15, 0.2) is 6.29 Å². The Labute approximate surface area is 303 Å².